The summed E-state index contributed by atoms with van der Waals surface area (Å²) in [4.78, 5) is 13.3. The molecule has 1 aliphatic heterocycles. The standard InChI is InChI=1S/C8H13N5O/c1-12-4-5-13-6(2-3-9)10-11-7(13)8(12)14/h2-5,9H2,1H3. The van der Waals surface area contributed by atoms with E-state index >= 15 is 0 Å². The molecule has 0 unspecified atom stereocenters. The van der Waals surface area contributed by atoms with E-state index in [0.717, 1.165) is 12.4 Å². The largest absolute Gasteiger partial charge is 0.337 e. The first-order valence-electron chi connectivity index (χ1n) is 4.61. The third kappa shape index (κ3) is 1.27. The smallest absolute Gasteiger partial charge is 0.291 e. The normalized spacial score (nSPS) is 15.9. The molecule has 1 aliphatic rings. The van der Waals surface area contributed by atoms with Crippen molar-refractivity contribution in [1.29, 1.82) is 0 Å². The van der Waals surface area contributed by atoms with Crippen molar-refractivity contribution in [2.24, 2.45) is 5.73 Å². The summed E-state index contributed by atoms with van der Waals surface area (Å²) in [5.41, 5.74) is 5.44. The summed E-state index contributed by atoms with van der Waals surface area (Å²) in [6.07, 6.45) is 0.671. The molecular formula is C8H13N5O. The van der Waals surface area contributed by atoms with Crippen LogP contribution in [0, 0.1) is 0 Å². The minimum absolute atomic E-state index is 0.0629. The van der Waals surface area contributed by atoms with Crippen molar-refractivity contribution >= 4 is 5.91 Å². The average Bonchev–Trinajstić information content (AvgIpc) is 2.57. The van der Waals surface area contributed by atoms with Gasteiger partial charge < -0.3 is 15.2 Å². The molecule has 0 aliphatic carbocycles. The van der Waals surface area contributed by atoms with Crippen molar-refractivity contribution in [1.82, 2.24) is 19.7 Å². The molecule has 2 N–H and O–H groups in total. The number of nitrogens with two attached hydrogens (primary N) is 1. The van der Waals surface area contributed by atoms with Crippen molar-refractivity contribution in [3.63, 3.8) is 0 Å². The van der Waals surface area contributed by atoms with Gasteiger partial charge in [-0.1, -0.05) is 0 Å². The highest BCUT2D eigenvalue weighted by atomic mass is 16.2. The zero-order valence-electron chi connectivity index (χ0n) is 8.10. The number of amides is 1. The predicted molar refractivity (Wildman–Crippen MR) is 49.7 cm³/mol. The molecule has 2 heterocycles. The summed E-state index contributed by atoms with van der Waals surface area (Å²) < 4.78 is 1.86. The third-order valence-electron chi connectivity index (χ3n) is 2.39. The van der Waals surface area contributed by atoms with E-state index in [-0.39, 0.29) is 5.91 Å². The van der Waals surface area contributed by atoms with Crippen LogP contribution in [0.3, 0.4) is 0 Å². The highest BCUT2D eigenvalue weighted by molar-refractivity contribution is 5.91. The van der Waals surface area contributed by atoms with Gasteiger partial charge in [-0.3, -0.25) is 4.79 Å². The molecule has 0 fully saturated rings. The first-order chi connectivity index (χ1) is 6.74. The van der Waals surface area contributed by atoms with E-state index < -0.39 is 0 Å². The zero-order valence-corrected chi connectivity index (χ0v) is 8.10. The number of fused-ring (bicyclic) bond motifs is 1. The molecule has 2 rings (SSSR count). The Balaban J connectivity index is 2.35. The van der Waals surface area contributed by atoms with Crippen LogP contribution in [0.4, 0.5) is 0 Å². The van der Waals surface area contributed by atoms with Gasteiger partial charge in [-0.15, -0.1) is 10.2 Å². The van der Waals surface area contributed by atoms with E-state index in [4.69, 9.17) is 5.73 Å². The van der Waals surface area contributed by atoms with Crippen molar-refractivity contribution in [3.05, 3.63) is 11.6 Å². The van der Waals surface area contributed by atoms with Crippen molar-refractivity contribution < 1.29 is 4.79 Å². The van der Waals surface area contributed by atoms with Gasteiger partial charge >= 0.3 is 0 Å². The number of rotatable bonds is 2. The molecule has 6 heteroatoms. The van der Waals surface area contributed by atoms with Gasteiger partial charge in [0.2, 0.25) is 5.82 Å². The fraction of sp³-hybridized carbons (Fsp3) is 0.625. The maximum absolute atomic E-state index is 11.6. The lowest BCUT2D eigenvalue weighted by atomic mass is 10.3. The van der Waals surface area contributed by atoms with Gasteiger partial charge in [0.25, 0.3) is 5.91 Å². The number of carbonyl (C=O) groups excluding carboxylic acids is 1. The second-order valence-electron chi connectivity index (χ2n) is 3.36. The molecule has 1 aromatic heterocycles. The lowest BCUT2D eigenvalue weighted by molar-refractivity contribution is 0.0740. The summed E-state index contributed by atoms with van der Waals surface area (Å²) in [5.74, 6) is 1.18. The number of hydrogen-bond donors (Lipinski definition) is 1. The molecule has 0 atom stereocenters. The number of hydrogen-bond acceptors (Lipinski definition) is 4. The van der Waals surface area contributed by atoms with Crippen molar-refractivity contribution in [2.45, 2.75) is 13.0 Å². The molecule has 0 bridgehead atoms. The molecule has 0 saturated carbocycles. The quantitative estimate of drug-likeness (QED) is 0.647. The molecule has 0 saturated heterocycles. The first kappa shape index (κ1) is 9.14. The van der Waals surface area contributed by atoms with Crippen LogP contribution in [-0.2, 0) is 13.0 Å². The van der Waals surface area contributed by atoms with Crippen LogP contribution >= 0.6 is 0 Å². The Labute approximate surface area is 81.7 Å². The topological polar surface area (TPSA) is 77.0 Å². The molecule has 0 spiro atoms. The first-order valence-corrected chi connectivity index (χ1v) is 4.61. The molecule has 1 amide bonds. The Morgan fingerprint density at radius 2 is 2.21 bits per heavy atom. The molecule has 1 aromatic rings. The fourth-order valence-corrected chi connectivity index (χ4v) is 1.56. The monoisotopic (exact) mass is 195 g/mol. The lowest BCUT2D eigenvalue weighted by Crippen LogP contribution is -2.38. The minimum Gasteiger partial charge on any atom is -0.337 e. The average molecular weight is 195 g/mol. The molecule has 0 aromatic carbocycles. The summed E-state index contributed by atoms with van der Waals surface area (Å²) >= 11 is 0. The van der Waals surface area contributed by atoms with Crippen LogP contribution in [0.15, 0.2) is 0 Å². The summed E-state index contributed by atoms with van der Waals surface area (Å²) in [6.45, 7) is 2.00. The minimum atomic E-state index is -0.0629. The van der Waals surface area contributed by atoms with E-state index in [0.29, 0.717) is 25.3 Å². The van der Waals surface area contributed by atoms with Gasteiger partial charge in [-0.2, -0.15) is 0 Å². The number of nitrogens with zero attached hydrogens (tertiary/aromatic N) is 4. The molecule has 6 nitrogen and oxygen atoms in total. The van der Waals surface area contributed by atoms with Crippen LogP contribution in [0.5, 0.6) is 0 Å². The second-order valence-corrected chi connectivity index (χ2v) is 3.36. The predicted octanol–water partition coefficient (Wildman–Crippen LogP) is -1.14. The van der Waals surface area contributed by atoms with Crippen LogP contribution in [-0.4, -0.2) is 45.7 Å². The number of likely N-dealkylation sites (N-methyl/N-ethyl adjacent to an activating group) is 1. The number of aromatic nitrogens is 3. The molecular weight excluding hydrogens is 182 g/mol. The van der Waals surface area contributed by atoms with Gasteiger partial charge in [0.05, 0.1) is 0 Å². The Morgan fingerprint density at radius 1 is 1.43 bits per heavy atom. The van der Waals surface area contributed by atoms with Crippen LogP contribution in [0.1, 0.15) is 16.4 Å². The maximum Gasteiger partial charge on any atom is 0.291 e. The van der Waals surface area contributed by atoms with E-state index in [1.807, 2.05) is 4.57 Å². The lowest BCUT2D eigenvalue weighted by Gasteiger charge is -2.23. The van der Waals surface area contributed by atoms with Crippen molar-refractivity contribution in [2.75, 3.05) is 20.1 Å². The van der Waals surface area contributed by atoms with Crippen LogP contribution < -0.4 is 5.73 Å². The van der Waals surface area contributed by atoms with Crippen LogP contribution in [0.2, 0.25) is 0 Å². The van der Waals surface area contributed by atoms with Crippen LogP contribution in [0.25, 0.3) is 0 Å². The SMILES string of the molecule is CN1CCn2c(CCN)nnc2C1=O. The Morgan fingerprint density at radius 3 is 2.93 bits per heavy atom. The third-order valence-corrected chi connectivity index (χ3v) is 2.39. The van der Waals surface area contributed by atoms with E-state index in [2.05, 4.69) is 10.2 Å². The van der Waals surface area contributed by atoms with Gasteiger partial charge in [0.15, 0.2) is 0 Å². The molecule has 0 radical (unpaired) electrons. The summed E-state index contributed by atoms with van der Waals surface area (Å²) in [6, 6.07) is 0. The van der Waals surface area contributed by atoms with E-state index in [9.17, 15) is 4.79 Å². The zero-order chi connectivity index (χ0) is 10.1. The Hall–Kier alpha value is -1.43. The van der Waals surface area contributed by atoms with Crippen molar-refractivity contribution in [3.8, 4) is 0 Å². The van der Waals surface area contributed by atoms with Gasteiger partial charge in [0, 0.05) is 26.6 Å². The maximum atomic E-state index is 11.6. The van der Waals surface area contributed by atoms with E-state index in [1.54, 1.807) is 11.9 Å². The van der Waals surface area contributed by atoms with E-state index in [1.165, 1.54) is 0 Å². The Bertz CT molecular complexity index is 359. The summed E-state index contributed by atoms with van der Waals surface area (Å²) in [5, 5.41) is 7.83. The van der Waals surface area contributed by atoms with Gasteiger partial charge in [-0.05, 0) is 6.54 Å². The molecule has 76 valence electrons. The number of carbonyl (C=O) groups is 1. The second kappa shape index (κ2) is 3.38. The van der Waals surface area contributed by atoms with Gasteiger partial charge in [-0.25, -0.2) is 0 Å². The highest BCUT2D eigenvalue weighted by Crippen LogP contribution is 2.10. The molecule has 14 heavy (non-hydrogen) atoms. The van der Waals surface area contributed by atoms with Gasteiger partial charge in [0.1, 0.15) is 5.82 Å². The highest BCUT2D eigenvalue weighted by Gasteiger charge is 2.25. The Kier molecular flexibility index (Phi) is 2.20. The summed E-state index contributed by atoms with van der Waals surface area (Å²) in [7, 11) is 1.77. The fourth-order valence-electron chi connectivity index (χ4n) is 1.56.